The summed E-state index contributed by atoms with van der Waals surface area (Å²) in [7, 11) is 0. The Bertz CT molecular complexity index is 1340. The van der Waals surface area contributed by atoms with Gasteiger partial charge in [0.1, 0.15) is 0 Å². The lowest BCUT2D eigenvalue weighted by Gasteiger charge is -2.30. The number of fused-ring (bicyclic) bond motifs is 2. The first-order valence-electron chi connectivity index (χ1n) is 11.3. The van der Waals surface area contributed by atoms with Crippen molar-refractivity contribution in [2.24, 2.45) is 0 Å². The lowest BCUT2D eigenvalue weighted by Crippen LogP contribution is -2.36. The van der Waals surface area contributed by atoms with Gasteiger partial charge in [-0.3, -0.25) is 14.6 Å². The number of hydrogen-bond donors (Lipinski definition) is 1. The van der Waals surface area contributed by atoms with E-state index in [2.05, 4.69) is 10.3 Å². The van der Waals surface area contributed by atoms with Crippen LogP contribution in [0.2, 0.25) is 5.02 Å². The third kappa shape index (κ3) is 4.86. The quantitative estimate of drug-likeness (QED) is 0.540. The number of ether oxygens (including phenoxy) is 2. The Labute approximate surface area is 208 Å². The Morgan fingerprint density at radius 2 is 2.00 bits per heavy atom. The van der Waals surface area contributed by atoms with E-state index in [1.165, 1.54) is 0 Å². The van der Waals surface area contributed by atoms with Crippen molar-refractivity contribution in [3.05, 3.63) is 93.3 Å². The lowest BCUT2D eigenvalue weighted by molar-refractivity contribution is -0.126. The van der Waals surface area contributed by atoms with Gasteiger partial charge in [-0.2, -0.15) is 0 Å². The topological polar surface area (TPSA) is 80.8 Å². The number of carbonyl (C=O) groups excluding carboxylic acids is 2. The van der Waals surface area contributed by atoms with Crippen molar-refractivity contribution >= 4 is 29.5 Å². The molecule has 3 aromatic rings. The number of hydrogen-bond acceptors (Lipinski definition) is 5. The molecule has 0 bridgehead atoms. The summed E-state index contributed by atoms with van der Waals surface area (Å²) >= 11 is 6.18. The molecule has 0 unspecified atom stereocenters. The maximum Gasteiger partial charge on any atom is 0.251 e. The molecule has 7 nitrogen and oxygen atoms in total. The molecule has 3 heterocycles. The first kappa shape index (κ1) is 22.9. The summed E-state index contributed by atoms with van der Waals surface area (Å²) < 4.78 is 10.7. The summed E-state index contributed by atoms with van der Waals surface area (Å²) in [5.74, 6) is 0.937. The van der Waals surface area contributed by atoms with Crippen LogP contribution in [-0.4, -0.2) is 35.0 Å². The van der Waals surface area contributed by atoms with E-state index in [-0.39, 0.29) is 18.6 Å². The molecule has 2 amide bonds. The normalized spacial score (nSPS) is 14.2. The van der Waals surface area contributed by atoms with Crippen LogP contribution in [-0.2, 0) is 24.3 Å². The molecule has 0 fully saturated rings. The highest BCUT2D eigenvalue weighted by molar-refractivity contribution is 6.32. The van der Waals surface area contributed by atoms with Crippen molar-refractivity contribution in [1.82, 2.24) is 15.2 Å². The number of rotatable bonds is 5. The zero-order valence-electron chi connectivity index (χ0n) is 19.2. The van der Waals surface area contributed by atoms with Crippen LogP contribution in [0.3, 0.4) is 0 Å². The molecule has 0 saturated heterocycles. The molecular weight excluding hydrogens is 466 g/mol. The summed E-state index contributed by atoms with van der Waals surface area (Å²) in [6.07, 6.45) is 5.82. The van der Waals surface area contributed by atoms with Gasteiger partial charge in [0.05, 0.1) is 0 Å². The van der Waals surface area contributed by atoms with E-state index in [1.54, 1.807) is 41.3 Å². The highest BCUT2D eigenvalue weighted by Crippen LogP contribution is 2.32. The SMILES string of the molecule is Cc1ncc2c(c1CNC(=O)c1ccc3c(c1)OCO3)CCN(C(=O)/C=C/c1ccccc1Cl)C2. The van der Waals surface area contributed by atoms with Gasteiger partial charge in [0.25, 0.3) is 5.91 Å². The van der Waals surface area contributed by atoms with Gasteiger partial charge in [-0.25, -0.2) is 0 Å². The van der Waals surface area contributed by atoms with E-state index in [4.69, 9.17) is 21.1 Å². The summed E-state index contributed by atoms with van der Waals surface area (Å²) in [5, 5.41) is 3.60. The number of aromatic nitrogens is 1. The van der Waals surface area contributed by atoms with Crippen molar-refractivity contribution in [3.8, 4) is 11.5 Å². The fourth-order valence-corrected chi connectivity index (χ4v) is 4.53. The van der Waals surface area contributed by atoms with E-state index in [1.807, 2.05) is 31.3 Å². The molecule has 1 N–H and O–H groups in total. The Morgan fingerprint density at radius 1 is 1.17 bits per heavy atom. The minimum absolute atomic E-state index is 0.0752. The fraction of sp³-hybridized carbons (Fsp3) is 0.222. The molecule has 5 rings (SSSR count). The third-order valence-corrected chi connectivity index (χ3v) is 6.62. The van der Waals surface area contributed by atoms with E-state index in [0.29, 0.717) is 48.1 Å². The summed E-state index contributed by atoms with van der Waals surface area (Å²) in [4.78, 5) is 31.9. The number of carbonyl (C=O) groups is 2. The van der Waals surface area contributed by atoms with Gasteiger partial charge >= 0.3 is 0 Å². The van der Waals surface area contributed by atoms with Crippen molar-refractivity contribution in [3.63, 3.8) is 0 Å². The molecule has 178 valence electrons. The molecule has 0 aliphatic carbocycles. The Balaban J connectivity index is 1.27. The summed E-state index contributed by atoms with van der Waals surface area (Å²) in [6, 6.07) is 12.5. The second kappa shape index (κ2) is 9.80. The number of benzene rings is 2. The van der Waals surface area contributed by atoms with Gasteiger partial charge in [0.15, 0.2) is 11.5 Å². The zero-order chi connectivity index (χ0) is 24.4. The molecule has 2 aliphatic rings. The average molecular weight is 490 g/mol. The van der Waals surface area contributed by atoms with Crippen LogP contribution in [0, 0.1) is 6.92 Å². The fourth-order valence-electron chi connectivity index (χ4n) is 4.33. The summed E-state index contributed by atoms with van der Waals surface area (Å²) in [6.45, 7) is 3.52. The highest BCUT2D eigenvalue weighted by Gasteiger charge is 2.23. The van der Waals surface area contributed by atoms with Crippen molar-refractivity contribution in [1.29, 1.82) is 0 Å². The van der Waals surface area contributed by atoms with Gasteiger partial charge in [0, 0.05) is 48.2 Å². The number of nitrogens with zero attached hydrogens (tertiary/aromatic N) is 2. The van der Waals surface area contributed by atoms with Crippen LogP contribution in [0.1, 0.15) is 38.3 Å². The van der Waals surface area contributed by atoms with Crippen LogP contribution in [0.25, 0.3) is 6.08 Å². The number of nitrogens with one attached hydrogen (secondary N) is 1. The highest BCUT2D eigenvalue weighted by atomic mass is 35.5. The van der Waals surface area contributed by atoms with Crippen molar-refractivity contribution in [2.45, 2.75) is 26.4 Å². The molecule has 2 aliphatic heterocycles. The van der Waals surface area contributed by atoms with Crippen LogP contribution in [0.4, 0.5) is 0 Å². The average Bonchev–Trinajstić information content (AvgIpc) is 3.35. The van der Waals surface area contributed by atoms with Crippen LogP contribution < -0.4 is 14.8 Å². The molecule has 0 saturated carbocycles. The van der Waals surface area contributed by atoms with Gasteiger partial charge in [0.2, 0.25) is 12.7 Å². The van der Waals surface area contributed by atoms with Crippen molar-refractivity contribution < 1.29 is 19.1 Å². The van der Waals surface area contributed by atoms with Gasteiger partial charge < -0.3 is 19.7 Å². The van der Waals surface area contributed by atoms with Gasteiger partial charge in [-0.1, -0.05) is 29.8 Å². The number of pyridine rings is 1. The molecule has 0 radical (unpaired) electrons. The minimum Gasteiger partial charge on any atom is -0.454 e. The predicted octanol–water partition coefficient (Wildman–Crippen LogP) is 4.30. The first-order chi connectivity index (χ1) is 17.0. The minimum atomic E-state index is -0.197. The molecule has 0 atom stereocenters. The van der Waals surface area contributed by atoms with E-state index >= 15 is 0 Å². The monoisotopic (exact) mass is 489 g/mol. The van der Waals surface area contributed by atoms with Crippen LogP contribution in [0.5, 0.6) is 11.5 Å². The van der Waals surface area contributed by atoms with Crippen LogP contribution >= 0.6 is 11.6 Å². The Hall–Kier alpha value is -3.84. The van der Waals surface area contributed by atoms with Gasteiger partial charge in [-0.15, -0.1) is 0 Å². The number of aryl methyl sites for hydroxylation is 1. The van der Waals surface area contributed by atoms with Gasteiger partial charge in [-0.05, 0) is 65.9 Å². The number of amides is 2. The van der Waals surface area contributed by atoms with E-state index < -0.39 is 0 Å². The largest absolute Gasteiger partial charge is 0.454 e. The van der Waals surface area contributed by atoms with E-state index in [9.17, 15) is 9.59 Å². The predicted molar refractivity (Wildman–Crippen MR) is 132 cm³/mol. The zero-order valence-corrected chi connectivity index (χ0v) is 20.0. The van der Waals surface area contributed by atoms with Crippen LogP contribution in [0.15, 0.2) is 54.7 Å². The molecule has 0 spiro atoms. The molecule has 1 aromatic heterocycles. The molecule has 2 aromatic carbocycles. The maximum absolute atomic E-state index is 12.8. The Morgan fingerprint density at radius 3 is 2.86 bits per heavy atom. The molecule has 8 heteroatoms. The molecule has 35 heavy (non-hydrogen) atoms. The number of halogens is 1. The standard InChI is InChI=1S/C27H24ClN3O4/c1-17-22(14-30-27(33)19-6-8-24-25(12-19)35-16-34-24)21-10-11-31(15-20(21)13-29-17)26(32)9-7-18-4-2-3-5-23(18)28/h2-9,12-13H,10-11,14-16H2,1H3,(H,30,33)/b9-7+. The second-order valence-electron chi connectivity index (χ2n) is 8.44. The summed E-state index contributed by atoms with van der Waals surface area (Å²) in [5.41, 5.74) is 5.31. The first-order valence-corrected chi connectivity index (χ1v) is 11.7. The smallest absolute Gasteiger partial charge is 0.251 e. The lowest BCUT2D eigenvalue weighted by atomic mass is 9.94. The van der Waals surface area contributed by atoms with E-state index in [0.717, 1.165) is 27.9 Å². The van der Waals surface area contributed by atoms with Crippen molar-refractivity contribution in [2.75, 3.05) is 13.3 Å². The Kier molecular flexibility index (Phi) is 6.42. The molecular formula is C27H24ClN3O4. The maximum atomic E-state index is 12.8. The second-order valence-corrected chi connectivity index (χ2v) is 8.85. The third-order valence-electron chi connectivity index (χ3n) is 6.28.